The van der Waals surface area contributed by atoms with Crippen molar-refractivity contribution in [2.75, 3.05) is 12.4 Å². The number of carbonyl (C=O) groups excluding carboxylic acids is 3. The molecule has 8 nitrogen and oxygen atoms in total. The number of aliphatic hydroxyl groups is 1. The van der Waals surface area contributed by atoms with Crippen molar-refractivity contribution >= 4 is 35.2 Å². The van der Waals surface area contributed by atoms with Gasteiger partial charge in [0.05, 0.1) is 23.8 Å². The van der Waals surface area contributed by atoms with Crippen molar-refractivity contribution in [1.82, 2.24) is 10.6 Å². The first-order valence-electron chi connectivity index (χ1n) is 9.80. The van der Waals surface area contributed by atoms with Crippen LogP contribution in [0.1, 0.15) is 22.8 Å². The highest BCUT2D eigenvalue weighted by Gasteiger charge is 2.36. The molecule has 1 aliphatic rings. The molecule has 4 atom stereocenters. The number of ether oxygens (including phenoxy) is 1. The number of thioether (sulfide) groups is 1. The van der Waals surface area contributed by atoms with Gasteiger partial charge in [-0.05, 0) is 43.2 Å². The zero-order valence-corrected chi connectivity index (χ0v) is 18.0. The molecule has 2 aromatic carbocycles. The second-order valence-electron chi connectivity index (χ2n) is 7.13. The fourth-order valence-corrected chi connectivity index (χ4v) is 4.15. The van der Waals surface area contributed by atoms with E-state index in [9.17, 15) is 19.5 Å². The van der Waals surface area contributed by atoms with Crippen molar-refractivity contribution in [3.8, 4) is 0 Å². The number of rotatable bonds is 7. The summed E-state index contributed by atoms with van der Waals surface area (Å²) in [4.78, 5) is 36.5. The van der Waals surface area contributed by atoms with E-state index in [-0.39, 0.29) is 11.8 Å². The molecule has 4 unspecified atom stereocenters. The third-order valence-electron chi connectivity index (χ3n) is 4.89. The van der Waals surface area contributed by atoms with Gasteiger partial charge in [0.25, 0.3) is 0 Å². The third-order valence-corrected chi connectivity index (χ3v) is 6.04. The monoisotopic (exact) mass is 443 g/mol. The SMILES string of the molecule is COC(=O)c1ccc(NC(=O)C(C)SC2NC(=O)C(Cc3ccccc3)C(O)N2)cc1. The van der Waals surface area contributed by atoms with Crippen molar-refractivity contribution < 1.29 is 24.2 Å². The molecule has 1 saturated heterocycles. The van der Waals surface area contributed by atoms with Crippen molar-refractivity contribution in [2.45, 2.75) is 30.3 Å². The first-order chi connectivity index (χ1) is 14.9. The molecule has 0 aliphatic carbocycles. The molecule has 2 aromatic rings. The van der Waals surface area contributed by atoms with Gasteiger partial charge in [-0.25, -0.2) is 4.79 Å². The van der Waals surface area contributed by atoms with E-state index in [0.717, 1.165) is 5.56 Å². The standard InChI is InChI=1S/C22H25N3O5S/c1-13(18(26)23-16-10-8-15(9-11-16)21(29)30-2)31-22-24-19(27)17(20(28)25-22)12-14-6-4-3-5-7-14/h3-11,13,17,19,22,24,27H,12H2,1-2H3,(H,23,26)(H,25,28). The lowest BCUT2D eigenvalue weighted by atomic mass is 9.96. The van der Waals surface area contributed by atoms with Crippen LogP contribution in [0.15, 0.2) is 54.6 Å². The van der Waals surface area contributed by atoms with Crippen LogP contribution >= 0.6 is 11.8 Å². The van der Waals surface area contributed by atoms with Gasteiger partial charge in [-0.2, -0.15) is 0 Å². The summed E-state index contributed by atoms with van der Waals surface area (Å²) in [6.07, 6.45) is -0.608. The summed E-state index contributed by atoms with van der Waals surface area (Å²) in [5.41, 5.74) is 1.28. The topological polar surface area (TPSA) is 117 Å². The molecule has 1 aliphatic heterocycles. The maximum Gasteiger partial charge on any atom is 0.337 e. The number of anilines is 1. The molecule has 1 fully saturated rings. The van der Waals surface area contributed by atoms with E-state index in [1.54, 1.807) is 31.2 Å². The van der Waals surface area contributed by atoms with E-state index in [1.807, 2.05) is 30.3 Å². The highest BCUT2D eigenvalue weighted by atomic mass is 32.2. The summed E-state index contributed by atoms with van der Waals surface area (Å²) < 4.78 is 4.65. The van der Waals surface area contributed by atoms with Crippen LogP contribution in [0.5, 0.6) is 0 Å². The lowest BCUT2D eigenvalue weighted by molar-refractivity contribution is -0.133. The highest BCUT2D eigenvalue weighted by molar-refractivity contribution is 8.01. The van der Waals surface area contributed by atoms with Crippen LogP contribution in [0.25, 0.3) is 0 Å². The zero-order chi connectivity index (χ0) is 22.4. The van der Waals surface area contributed by atoms with Gasteiger partial charge in [-0.3, -0.25) is 14.9 Å². The van der Waals surface area contributed by atoms with Crippen molar-refractivity contribution in [3.63, 3.8) is 0 Å². The maximum absolute atomic E-state index is 12.5. The average Bonchev–Trinajstić information content (AvgIpc) is 2.77. The molecule has 0 spiro atoms. The second-order valence-corrected chi connectivity index (χ2v) is 8.58. The molecule has 3 rings (SSSR count). The van der Waals surface area contributed by atoms with E-state index >= 15 is 0 Å². The van der Waals surface area contributed by atoms with E-state index < -0.39 is 28.9 Å². The van der Waals surface area contributed by atoms with Crippen LogP contribution in [0.3, 0.4) is 0 Å². The second kappa shape index (κ2) is 10.4. The Morgan fingerprint density at radius 1 is 1.16 bits per heavy atom. The molecule has 31 heavy (non-hydrogen) atoms. The van der Waals surface area contributed by atoms with Gasteiger partial charge in [0.2, 0.25) is 11.8 Å². The van der Waals surface area contributed by atoms with Gasteiger partial charge in [-0.1, -0.05) is 30.3 Å². The number of hydrogen-bond acceptors (Lipinski definition) is 7. The Hall–Kier alpha value is -2.88. The lowest BCUT2D eigenvalue weighted by Gasteiger charge is -2.35. The number of esters is 1. The Morgan fingerprint density at radius 2 is 1.84 bits per heavy atom. The van der Waals surface area contributed by atoms with E-state index in [1.165, 1.54) is 18.9 Å². The van der Waals surface area contributed by atoms with Crippen LogP contribution < -0.4 is 16.0 Å². The number of aliphatic hydroxyl groups excluding tert-OH is 1. The maximum atomic E-state index is 12.5. The summed E-state index contributed by atoms with van der Waals surface area (Å²) >= 11 is 1.19. The Labute approximate surface area is 184 Å². The summed E-state index contributed by atoms with van der Waals surface area (Å²) in [6.45, 7) is 1.71. The largest absolute Gasteiger partial charge is 0.465 e. The lowest BCUT2D eigenvalue weighted by Crippen LogP contribution is -2.61. The molecule has 0 saturated carbocycles. The predicted molar refractivity (Wildman–Crippen MR) is 118 cm³/mol. The van der Waals surface area contributed by atoms with Crippen LogP contribution in [0.2, 0.25) is 0 Å². The van der Waals surface area contributed by atoms with Crippen molar-refractivity contribution in [1.29, 1.82) is 0 Å². The molecule has 0 bridgehead atoms. The van der Waals surface area contributed by atoms with Crippen LogP contribution in [0, 0.1) is 5.92 Å². The number of benzene rings is 2. The molecular weight excluding hydrogens is 418 g/mol. The Kier molecular flexibility index (Phi) is 7.67. The summed E-state index contributed by atoms with van der Waals surface area (Å²) in [6, 6.07) is 15.8. The minimum Gasteiger partial charge on any atom is -0.465 e. The fraction of sp³-hybridized carbons (Fsp3) is 0.318. The van der Waals surface area contributed by atoms with Gasteiger partial charge in [0.15, 0.2) is 0 Å². The minimum atomic E-state index is -1.02. The predicted octanol–water partition coefficient (Wildman–Crippen LogP) is 1.71. The minimum absolute atomic E-state index is 0.265. The smallest absolute Gasteiger partial charge is 0.337 e. The summed E-state index contributed by atoms with van der Waals surface area (Å²) in [7, 11) is 1.30. The van der Waals surface area contributed by atoms with E-state index in [4.69, 9.17) is 0 Å². The zero-order valence-electron chi connectivity index (χ0n) is 17.2. The van der Waals surface area contributed by atoms with Gasteiger partial charge >= 0.3 is 5.97 Å². The summed E-state index contributed by atoms with van der Waals surface area (Å²) in [5.74, 6) is -1.60. The van der Waals surface area contributed by atoms with E-state index in [2.05, 4.69) is 20.7 Å². The molecule has 1 heterocycles. The number of methoxy groups -OCH3 is 1. The Bertz CT molecular complexity index is 923. The van der Waals surface area contributed by atoms with Gasteiger partial charge in [0.1, 0.15) is 11.7 Å². The van der Waals surface area contributed by atoms with Crippen molar-refractivity contribution in [3.05, 3.63) is 65.7 Å². The van der Waals surface area contributed by atoms with Gasteiger partial charge in [-0.15, -0.1) is 11.8 Å². The molecular formula is C22H25N3O5S. The molecule has 4 N–H and O–H groups in total. The fourth-order valence-electron chi connectivity index (χ4n) is 3.16. The van der Waals surface area contributed by atoms with Gasteiger partial charge in [0, 0.05) is 5.69 Å². The van der Waals surface area contributed by atoms with Crippen LogP contribution in [-0.2, 0) is 20.7 Å². The van der Waals surface area contributed by atoms with E-state index in [0.29, 0.717) is 17.7 Å². The Morgan fingerprint density at radius 3 is 2.45 bits per heavy atom. The molecule has 9 heteroatoms. The van der Waals surface area contributed by atoms with Crippen LogP contribution in [0.4, 0.5) is 5.69 Å². The third kappa shape index (κ3) is 6.06. The molecule has 0 radical (unpaired) electrons. The number of amides is 2. The molecule has 0 aromatic heterocycles. The molecule has 2 amide bonds. The van der Waals surface area contributed by atoms with Crippen molar-refractivity contribution in [2.24, 2.45) is 5.92 Å². The first-order valence-corrected chi connectivity index (χ1v) is 10.7. The average molecular weight is 444 g/mol. The number of carbonyl (C=O) groups is 3. The number of hydrogen-bond donors (Lipinski definition) is 4. The first kappa shape index (κ1) is 22.8. The number of nitrogens with one attached hydrogen (secondary N) is 3. The molecule has 164 valence electrons. The Balaban J connectivity index is 1.52. The van der Waals surface area contributed by atoms with Crippen LogP contribution in [-0.4, -0.2) is 47.0 Å². The highest BCUT2D eigenvalue weighted by Crippen LogP contribution is 2.23. The quantitative estimate of drug-likeness (QED) is 0.482. The summed E-state index contributed by atoms with van der Waals surface area (Å²) in [5, 5.41) is 18.4. The normalized spacial score (nSPS) is 21.6. The van der Waals surface area contributed by atoms with Gasteiger partial charge < -0.3 is 20.5 Å².